The van der Waals surface area contributed by atoms with Crippen molar-refractivity contribution < 1.29 is 14.3 Å². The zero-order valence-corrected chi connectivity index (χ0v) is 16.8. The van der Waals surface area contributed by atoms with Crippen LogP contribution < -0.4 is 14.8 Å². The number of nitrogens with one attached hydrogen (secondary N) is 1. The summed E-state index contributed by atoms with van der Waals surface area (Å²) in [6, 6.07) is 5.46. The van der Waals surface area contributed by atoms with E-state index < -0.39 is 0 Å². The van der Waals surface area contributed by atoms with E-state index >= 15 is 0 Å². The number of hydrogen-bond acceptors (Lipinski definition) is 4. The Labute approximate surface area is 152 Å². The maximum atomic E-state index is 12.5. The van der Waals surface area contributed by atoms with Crippen LogP contribution in [0.3, 0.4) is 0 Å². The Morgan fingerprint density at radius 1 is 1.04 bits per heavy atom. The first kappa shape index (κ1) is 21.3. The van der Waals surface area contributed by atoms with Crippen LogP contribution in [-0.4, -0.2) is 44.7 Å². The van der Waals surface area contributed by atoms with Crippen LogP contribution in [0.1, 0.15) is 46.2 Å². The Bertz CT molecular complexity index is 534. The number of hydrogen-bond donors (Lipinski definition) is 1. The lowest BCUT2D eigenvalue weighted by Crippen LogP contribution is -2.41. The minimum Gasteiger partial charge on any atom is -0.497 e. The van der Waals surface area contributed by atoms with Crippen molar-refractivity contribution in [3.05, 3.63) is 23.8 Å². The number of methoxy groups -OCH3 is 2. The molecular weight excluding hydrogens is 316 g/mol. The molecule has 0 aromatic heterocycles. The van der Waals surface area contributed by atoms with Gasteiger partial charge in [0.25, 0.3) is 0 Å². The average molecular weight is 351 g/mol. The molecule has 0 saturated carbocycles. The molecule has 0 aliphatic carbocycles. The topological polar surface area (TPSA) is 50.8 Å². The molecule has 1 rings (SSSR count). The third-order valence-corrected chi connectivity index (χ3v) is 3.89. The van der Waals surface area contributed by atoms with Gasteiger partial charge in [0.1, 0.15) is 11.5 Å². The van der Waals surface area contributed by atoms with Crippen LogP contribution >= 0.6 is 0 Å². The van der Waals surface area contributed by atoms with Crippen molar-refractivity contribution in [1.82, 2.24) is 10.2 Å². The zero-order valence-electron chi connectivity index (χ0n) is 16.8. The van der Waals surface area contributed by atoms with Gasteiger partial charge < -0.3 is 14.8 Å². The van der Waals surface area contributed by atoms with Gasteiger partial charge in [0, 0.05) is 18.7 Å². The monoisotopic (exact) mass is 350 g/mol. The van der Waals surface area contributed by atoms with E-state index in [9.17, 15) is 4.79 Å². The van der Waals surface area contributed by atoms with Gasteiger partial charge in [-0.3, -0.25) is 9.69 Å². The fraction of sp³-hybridized carbons (Fsp3) is 0.650. The maximum Gasteiger partial charge on any atom is 0.234 e. The van der Waals surface area contributed by atoms with Crippen molar-refractivity contribution in [3.8, 4) is 11.5 Å². The Hall–Kier alpha value is -1.75. The molecule has 0 fully saturated rings. The van der Waals surface area contributed by atoms with Gasteiger partial charge in [-0.2, -0.15) is 0 Å². The summed E-state index contributed by atoms with van der Waals surface area (Å²) in [6.07, 6.45) is 0. The average Bonchev–Trinajstić information content (AvgIpc) is 2.52. The van der Waals surface area contributed by atoms with Gasteiger partial charge in [-0.25, -0.2) is 0 Å². The van der Waals surface area contributed by atoms with Crippen LogP contribution in [0.5, 0.6) is 11.5 Å². The second-order valence-corrected chi connectivity index (χ2v) is 7.38. The number of rotatable bonds is 10. The third kappa shape index (κ3) is 7.34. The van der Waals surface area contributed by atoms with E-state index in [0.29, 0.717) is 18.4 Å². The van der Waals surface area contributed by atoms with Crippen molar-refractivity contribution in [3.63, 3.8) is 0 Å². The van der Waals surface area contributed by atoms with Crippen molar-refractivity contribution >= 4 is 5.91 Å². The van der Waals surface area contributed by atoms with E-state index in [2.05, 4.69) is 37.9 Å². The summed E-state index contributed by atoms with van der Waals surface area (Å²) < 4.78 is 10.7. The minimum atomic E-state index is -0.155. The fourth-order valence-corrected chi connectivity index (χ4v) is 2.98. The Balaban J connectivity index is 2.77. The van der Waals surface area contributed by atoms with E-state index in [1.165, 1.54) is 0 Å². The number of nitrogens with zero attached hydrogens (tertiary/aromatic N) is 1. The highest BCUT2D eigenvalue weighted by atomic mass is 16.5. The van der Waals surface area contributed by atoms with E-state index in [1.54, 1.807) is 14.2 Å². The van der Waals surface area contributed by atoms with E-state index in [4.69, 9.17) is 9.47 Å². The summed E-state index contributed by atoms with van der Waals surface area (Å²) in [7, 11) is 3.26. The van der Waals surface area contributed by atoms with E-state index in [0.717, 1.165) is 30.2 Å². The van der Waals surface area contributed by atoms with Gasteiger partial charge >= 0.3 is 0 Å². The molecule has 25 heavy (non-hydrogen) atoms. The summed E-state index contributed by atoms with van der Waals surface area (Å²) in [5.41, 5.74) is 0.912. The van der Waals surface area contributed by atoms with Crippen molar-refractivity contribution in [2.24, 2.45) is 11.8 Å². The predicted molar refractivity (Wildman–Crippen MR) is 102 cm³/mol. The summed E-state index contributed by atoms with van der Waals surface area (Å²) in [5.74, 6) is 2.58. The van der Waals surface area contributed by atoms with Crippen molar-refractivity contribution in [1.29, 1.82) is 0 Å². The summed E-state index contributed by atoms with van der Waals surface area (Å²) >= 11 is 0. The molecule has 1 unspecified atom stereocenters. The molecule has 0 heterocycles. The number of ether oxygens (including phenoxy) is 2. The molecule has 1 aromatic carbocycles. The second-order valence-electron chi connectivity index (χ2n) is 7.38. The molecular formula is C20H34N2O3. The standard InChI is InChI=1S/C20H34N2O3/c1-14(2)11-22(12-15(3)4)13-20(23)21-16(5)18-10-17(24-6)8-9-19(18)25-7/h8-10,14-16H,11-13H2,1-7H3,(H,21,23). The highest BCUT2D eigenvalue weighted by Crippen LogP contribution is 2.29. The van der Waals surface area contributed by atoms with Gasteiger partial charge in [0.2, 0.25) is 5.91 Å². The molecule has 0 aliphatic rings. The molecule has 0 spiro atoms. The molecule has 5 nitrogen and oxygen atoms in total. The minimum absolute atomic E-state index is 0.0265. The predicted octanol–water partition coefficient (Wildman–Crippen LogP) is 3.50. The highest BCUT2D eigenvalue weighted by Gasteiger charge is 2.18. The number of carbonyl (C=O) groups excluding carboxylic acids is 1. The van der Waals surface area contributed by atoms with Crippen LogP contribution in [0, 0.1) is 11.8 Å². The number of carbonyl (C=O) groups is 1. The Morgan fingerprint density at radius 3 is 2.12 bits per heavy atom. The van der Waals surface area contributed by atoms with E-state index in [1.807, 2.05) is 25.1 Å². The summed E-state index contributed by atoms with van der Waals surface area (Å²) in [6.45, 7) is 12.9. The maximum absolute atomic E-state index is 12.5. The smallest absolute Gasteiger partial charge is 0.234 e. The lowest BCUT2D eigenvalue weighted by Gasteiger charge is -2.26. The second kappa shape index (κ2) is 10.3. The normalized spacial score (nSPS) is 12.6. The number of amides is 1. The molecule has 0 saturated heterocycles. The van der Waals surface area contributed by atoms with Crippen LogP contribution in [0.15, 0.2) is 18.2 Å². The van der Waals surface area contributed by atoms with Crippen molar-refractivity contribution in [2.45, 2.75) is 40.7 Å². The lowest BCUT2D eigenvalue weighted by atomic mass is 10.1. The first-order valence-electron chi connectivity index (χ1n) is 9.00. The molecule has 1 aromatic rings. The van der Waals surface area contributed by atoms with Gasteiger partial charge in [0.05, 0.1) is 26.8 Å². The van der Waals surface area contributed by atoms with Crippen LogP contribution in [0.2, 0.25) is 0 Å². The molecule has 0 radical (unpaired) electrons. The van der Waals surface area contributed by atoms with Gasteiger partial charge in [-0.15, -0.1) is 0 Å². The van der Waals surface area contributed by atoms with E-state index in [-0.39, 0.29) is 11.9 Å². The first-order chi connectivity index (χ1) is 11.8. The van der Waals surface area contributed by atoms with Gasteiger partial charge in [-0.1, -0.05) is 27.7 Å². The summed E-state index contributed by atoms with van der Waals surface area (Å²) in [4.78, 5) is 14.8. The molecule has 1 N–H and O–H groups in total. The molecule has 1 atom stereocenters. The Morgan fingerprint density at radius 2 is 1.64 bits per heavy atom. The largest absolute Gasteiger partial charge is 0.497 e. The Kier molecular flexibility index (Phi) is 8.76. The molecule has 0 bridgehead atoms. The molecule has 142 valence electrons. The fourth-order valence-electron chi connectivity index (χ4n) is 2.98. The SMILES string of the molecule is COc1ccc(OC)c(C(C)NC(=O)CN(CC(C)C)CC(C)C)c1. The summed E-state index contributed by atoms with van der Waals surface area (Å²) in [5, 5.41) is 3.08. The lowest BCUT2D eigenvalue weighted by molar-refractivity contribution is -0.123. The highest BCUT2D eigenvalue weighted by molar-refractivity contribution is 5.78. The van der Waals surface area contributed by atoms with Crippen LogP contribution in [-0.2, 0) is 4.79 Å². The molecule has 1 amide bonds. The zero-order chi connectivity index (χ0) is 19.0. The first-order valence-corrected chi connectivity index (χ1v) is 9.00. The van der Waals surface area contributed by atoms with Crippen LogP contribution in [0.4, 0.5) is 0 Å². The van der Waals surface area contributed by atoms with Gasteiger partial charge in [-0.05, 0) is 37.0 Å². The quantitative estimate of drug-likeness (QED) is 0.702. The van der Waals surface area contributed by atoms with Gasteiger partial charge in [0.15, 0.2) is 0 Å². The van der Waals surface area contributed by atoms with Crippen molar-refractivity contribution in [2.75, 3.05) is 33.9 Å². The molecule has 0 aliphatic heterocycles. The number of benzene rings is 1. The molecule has 5 heteroatoms. The third-order valence-electron chi connectivity index (χ3n) is 3.89. The van der Waals surface area contributed by atoms with Crippen LogP contribution in [0.25, 0.3) is 0 Å².